The molecule has 0 bridgehead atoms. The summed E-state index contributed by atoms with van der Waals surface area (Å²) in [7, 11) is 0. The zero-order valence-electron chi connectivity index (χ0n) is 21.2. The number of rotatable bonds is 5. The number of nitrogens with zero attached hydrogens (tertiary/aromatic N) is 3. The van der Waals surface area contributed by atoms with E-state index in [0.717, 1.165) is 78.6 Å². The van der Waals surface area contributed by atoms with Gasteiger partial charge in [0, 0.05) is 55.1 Å². The van der Waals surface area contributed by atoms with Crippen molar-refractivity contribution in [1.29, 1.82) is 5.26 Å². The second-order valence-electron chi connectivity index (χ2n) is 10.0. The summed E-state index contributed by atoms with van der Waals surface area (Å²) in [5, 5.41) is 24.0. The van der Waals surface area contributed by atoms with Crippen molar-refractivity contribution < 1.29 is 9.84 Å². The van der Waals surface area contributed by atoms with Crippen LogP contribution in [0.25, 0.3) is 5.57 Å². The minimum Gasteiger partial charge on any atom is -0.462 e. The lowest BCUT2D eigenvalue weighted by Crippen LogP contribution is -2.46. The number of nitrogens with one attached hydrogen (secondary N) is 1. The summed E-state index contributed by atoms with van der Waals surface area (Å²) < 4.78 is 6.02. The fourth-order valence-electron chi connectivity index (χ4n) is 4.97. The average molecular weight is 515 g/mol. The monoisotopic (exact) mass is 514 g/mol. The number of halogens is 1. The maximum absolute atomic E-state index is 10.6. The van der Waals surface area contributed by atoms with E-state index in [9.17, 15) is 10.4 Å². The summed E-state index contributed by atoms with van der Waals surface area (Å²) in [6.45, 7) is 8.12. The minimum atomic E-state index is -0.947. The molecule has 2 aromatic carbocycles. The molecule has 2 aromatic rings. The van der Waals surface area contributed by atoms with Gasteiger partial charge in [-0.25, -0.2) is 0 Å². The van der Waals surface area contributed by atoms with Crippen LogP contribution in [0.2, 0.25) is 5.02 Å². The van der Waals surface area contributed by atoms with E-state index in [1.807, 2.05) is 42.6 Å². The van der Waals surface area contributed by atoms with Crippen LogP contribution < -0.4 is 15.0 Å². The van der Waals surface area contributed by atoms with Crippen LogP contribution in [-0.4, -0.2) is 42.7 Å². The van der Waals surface area contributed by atoms with Crippen molar-refractivity contribution in [1.82, 2.24) is 10.2 Å². The normalized spacial score (nSPS) is 18.6. The van der Waals surface area contributed by atoms with Gasteiger partial charge in [0.25, 0.3) is 0 Å². The summed E-state index contributed by atoms with van der Waals surface area (Å²) in [6.07, 6.45) is 10.9. The standard InChI is InChI=1S/C30H31ClN4O2/c1-30(2,36)22-7-10-29-26(18-22)24(25-5-3-11-33-27(25)20-37-29)6-4-12-34-13-15-35(16-14-34)28-9-8-23(31)17-21(28)19-32/h3,5-11,17-18,20,33,36H,4,12-16H2,1-2H3. The van der Waals surface area contributed by atoms with E-state index in [2.05, 4.69) is 33.3 Å². The summed E-state index contributed by atoms with van der Waals surface area (Å²) in [5.41, 5.74) is 5.54. The highest BCUT2D eigenvalue weighted by molar-refractivity contribution is 6.30. The Morgan fingerprint density at radius 1 is 1.16 bits per heavy atom. The van der Waals surface area contributed by atoms with Crippen molar-refractivity contribution in [2.24, 2.45) is 0 Å². The number of fused-ring (bicyclic) bond motifs is 2. The summed E-state index contributed by atoms with van der Waals surface area (Å²) in [4.78, 5) is 4.73. The minimum absolute atomic E-state index is 0.587. The van der Waals surface area contributed by atoms with Crippen molar-refractivity contribution in [2.45, 2.75) is 25.9 Å². The first kappa shape index (κ1) is 25.2. The van der Waals surface area contributed by atoms with Crippen molar-refractivity contribution in [3.63, 3.8) is 0 Å². The lowest BCUT2D eigenvalue weighted by Gasteiger charge is -2.36. The number of benzene rings is 2. The molecule has 0 atom stereocenters. The molecule has 0 unspecified atom stereocenters. The number of hydrogen-bond donors (Lipinski definition) is 2. The molecule has 190 valence electrons. The van der Waals surface area contributed by atoms with E-state index in [1.165, 1.54) is 0 Å². The van der Waals surface area contributed by atoms with Crippen LogP contribution in [0.1, 0.15) is 37.0 Å². The second kappa shape index (κ2) is 10.5. The molecular weight excluding hydrogens is 484 g/mol. The van der Waals surface area contributed by atoms with Gasteiger partial charge in [-0.1, -0.05) is 29.8 Å². The van der Waals surface area contributed by atoms with E-state index in [-0.39, 0.29) is 0 Å². The Morgan fingerprint density at radius 3 is 2.73 bits per heavy atom. The smallest absolute Gasteiger partial charge is 0.134 e. The van der Waals surface area contributed by atoms with Crippen molar-refractivity contribution in [3.8, 4) is 11.8 Å². The fourth-order valence-corrected chi connectivity index (χ4v) is 5.14. The molecule has 0 spiro atoms. The highest BCUT2D eigenvalue weighted by Crippen LogP contribution is 2.40. The number of allylic oxidation sites excluding steroid dienone is 3. The zero-order valence-corrected chi connectivity index (χ0v) is 21.9. The first-order chi connectivity index (χ1) is 17.8. The molecule has 0 radical (unpaired) electrons. The number of aliphatic hydroxyl groups is 1. The highest BCUT2D eigenvalue weighted by Gasteiger charge is 2.25. The third-order valence-corrected chi connectivity index (χ3v) is 7.28. The van der Waals surface area contributed by atoms with Crippen LogP contribution >= 0.6 is 11.6 Å². The van der Waals surface area contributed by atoms with Crippen LogP contribution in [0.15, 0.2) is 78.4 Å². The van der Waals surface area contributed by atoms with Gasteiger partial charge < -0.3 is 20.1 Å². The third kappa shape index (κ3) is 5.45. The quantitative estimate of drug-likeness (QED) is 0.563. The predicted octanol–water partition coefficient (Wildman–Crippen LogP) is 5.31. The third-order valence-electron chi connectivity index (χ3n) is 7.04. The Labute approximate surface area is 223 Å². The first-order valence-corrected chi connectivity index (χ1v) is 13.0. The molecule has 37 heavy (non-hydrogen) atoms. The van der Waals surface area contributed by atoms with Gasteiger partial charge in [0.15, 0.2) is 0 Å². The van der Waals surface area contributed by atoms with Gasteiger partial charge in [-0.05, 0) is 67.8 Å². The van der Waals surface area contributed by atoms with E-state index in [1.54, 1.807) is 26.2 Å². The lowest BCUT2D eigenvalue weighted by atomic mass is 9.89. The summed E-state index contributed by atoms with van der Waals surface area (Å²) >= 11 is 6.08. The molecule has 0 saturated carbocycles. The maximum atomic E-state index is 10.6. The van der Waals surface area contributed by atoms with E-state index in [0.29, 0.717) is 10.6 Å². The SMILES string of the molecule is CC(C)(O)c1ccc2c(c1)C(=CCCN1CCN(c3ccc(Cl)cc3C#N)CC1)C1=CC=CNC1=CO2. The molecule has 1 fully saturated rings. The molecule has 1 saturated heterocycles. The Bertz CT molecular complexity index is 1350. The van der Waals surface area contributed by atoms with Crippen molar-refractivity contribution in [3.05, 3.63) is 100 Å². The second-order valence-corrected chi connectivity index (χ2v) is 10.4. The van der Waals surface area contributed by atoms with Gasteiger partial charge in [-0.15, -0.1) is 0 Å². The van der Waals surface area contributed by atoms with Crippen molar-refractivity contribution >= 4 is 22.9 Å². The number of dihydropyridines is 1. The van der Waals surface area contributed by atoms with E-state index >= 15 is 0 Å². The molecule has 0 amide bonds. The topological polar surface area (TPSA) is 71.8 Å². The molecular formula is C30H31ClN4O2. The molecule has 0 aromatic heterocycles. The predicted molar refractivity (Wildman–Crippen MR) is 148 cm³/mol. The number of piperazine rings is 1. The van der Waals surface area contributed by atoms with Crippen LogP contribution in [0.5, 0.6) is 5.75 Å². The highest BCUT2D eigenvalue weighted by atomic mass is 35.5. The van der Waals surface area contributed by atoms with Gasteiger partial charge in [-0.3, -0.25) is 4.90 Å². The summed E-state index contributed by atoms with van der Waals surface area (Å²) in [6, 6.07) is 13.7. The number of anilines is 1. The van der Waals surface area contributed by atoms with Gasteiger partial charge in [-0.2, -0.15) is 5.26 Å². The van der Waals surface area contributed by atoms with Gasteiger partial charge in [0.05, 0.1) is 22.5 Å². The lowest BCUT2D eigenvalue weighted by molar-refractivity contribution is 0.0785. The van der Waals surface area contributed by atoms with Crippen molar-refractivity contribution in [2.75, 3.05) is 37.6 Å². The number of nitriles is 1. The Balaban J connectivity index is 1.32. The van der Waals surface area contributed by atoms with E-state index < -0.39 is 5.60 Å². The molecule has 5 rings (SSSR count). The number of ether oxygens (including phenoxy) is 1. The molecule has 3 aliphatic rings. The maximum Gasteiger partial charge on any atom is 0.134 e. The summed E-state index contributed by atoms with van der Waals surface area (Å²) in [5.74, 6) is 0.772. The van der Waals surface area contributed by atoms with Crippen LogP contribution in [0, 0.1) is 11.3 Å². The van der Waals surface area contributed by atoms with Crippen LogP contribution in [-0.2, 0) is 5.60 Å². The Morgan fingerprint density at radius 2 is 1.97 bits per heavy atom. The van der Waals surface area contributed by atoms with Gasteiger partial charge in [0.1, 0.15) is 18.1 Å². The Hall–Kier alpha value is -3.50. The molecule has 3 heterocycles. The van der Waals surface area contributed by atoms with Gasteiger partial charge >= 0.3 is 0 Å². The van der Waals surface area contributed by atoms with E-state index in [4.69, 9.17) is 16.3 Å². The molecule has 6 nitrogen and oxygen atoms in total. The average Bonchev–Trinajstić information content (AvgIpc) is 3.05. The van der Waals surface area contributed by atoms with Crippen LogP contribution in [0.4, 0.5) is 5.69 Å². The number of hydrogen-bond acceptors (Lipinski definition) is 6. The first-order valence-electron chi connectivity index (χ1n) is 12.6. The zero-order chi connectivity index (χ0) is 26.0. The fraction of sp³-hybridized carbons (Fsp3) is 0.300. The molecule has 7 heteroatoms. The van der Waals surface area contributed by atoms with Gasteiger partial charge in [0.2, 0.25) is 0 Å². The molecule has 3 aliphatic heterocycles. The largest absolute Gasteiger partial charge is 0.462 e. The Kier molecular flexibility index (Phi) is 7.12. The molecule has 2 N–H and O–H groups in total. The van der Waals surface area contributed by atoms with Crippen LogP contribution in [0.3, 0.4) is 0 Å². The molecule has 0 aliphatic carbocycles.